The molecule has 0 aliphatic carbocycles. The van der Waals surface area contributed by atoms with Crippen molar-refractivity contribution >= 4 is 23.1 Å². The minimum atomic E-state index is -0.627. The molecule has 0 amide bonds. The lowest BCUT2D eigenvalue weighted by molar-refractivity contribution is -0.384. The molecule has 7 nitrogen and oxygen atoms in total. The predicted octanol–water partition coefficient (Wildman–Crippen LogP) is 0.857. The van der Waals surface area contributed by atoms with Gasteiger partial charge in [-0.05, 0) is 6.92 Å². The molecule has 1 aromatic heterocycles. The van der Waals surface area contributed by atoms with Gasteiger partial charge in [0, 0.05) is 13.1 Å². The molecule has 0 atom stereocenters. The fourth-order valence-electron chi connectivity index (χ4n) is 1.27. The Morgan fingerprint density at radius 2 is 2.31 bits per heavy atom. The van der Waals surface area contributed by atoms with E-state index in [9.17, 15) is 10.1 Å². The molecule has 16 heavy (non-hydrogen) atoms. The standard InChI is InChI=1S/C8H11ClN4O3/c1-2-12(3-4-14)8-6(13(15)16)7(9)10-5-11-8/h5,14H,2-4H2,1H3. The van der Waals surface area contributed by atoms with Gasteiger partial charge in [0.05, 0.1) is 11.5 Å². The van der Waals surface area contributed by atoms with Gasteiger partial charge in [-0.15, -0.1) is 0 Å². The van der Waals surface area contributed by atoms with Crippen molar-refractivity contribution in [1.82, 2.24) is 9.97 Å². The van der Waals surface area contributed by atoms with Crippen LogP contribution in [0.3, 0.4) is 0 Å². The summed E-state index contributed by atoms with van der Waals surface area (Å²) in [5.41, 5.74) is -0.334. The van der Waals surface area contributed by atoms with E-state index in [2.05, 4.69) is 9.97 Å². The van der Waals surface area contributed by atoms with Crippen LogP contribution < -0.4 is 4.90 Å². The topological polar surface area (TPSA) is 92.4 Å². The third-order valence-corrected chi connectivity index (χ3v) is 2.27. The Morgan fingerprint density at radius 3 is 2.81 bits per heavy atom. The molecule has 8 heteroatoms. The Balaban J connectivity index is 3.20. The van der Waals surface area contributed by atoms with E-state index < -0.39 is 4.92 Å². The zero-order valence-corrected chi connectivity index (χ0v) is 9.39. The van der Waals surface area contributed by atoms with Gasteiger partial charge in [0.15, 0.2) is 0 Å². The van der Waals surface area contributed by atoms with E-state index in [0.717, 1.165) is 6.33 Å². The van der Waals surface area contributed by atoms with Gasteiger partial charge in [-0.1, -0.05) is 11.6 Å². The first-order valence-corrected chi connectivity index (χ1v) is 5.00. The molecule has 1 aromatic rings. The zero-order valence-electron chi connectivity index (χ0n) is 8.63. The first kappa shape index (κ1) is 12.6. The van der Waals surface area contributed by atoms with E-state index in [0.29, 0.717) is 6.54 Å². The average molecular weight is 247 g/mol. The quantitative estimate of drug-likeness (QED) is 0.471. The highest BCUT2D eigenvalue weighted by Crippen LogP contribution is 2.30. The summed E-state index contributed by atoms with van der Waals surface area (Å²) in [6.07, 6.45) is 1.16. The molecule has 0 unspecified atom stereocenters. The average Bonchev–Trinajstić information content (AvgIpc) is 2.25. The summed E-state index contributed by atoms with van der Waals surface area (Å²) in [5.74, 6) is 0.126. The van der Waals surface area contributed by atoms with Gasteiger partial charge in [-0.3, -0.25) is 10.1 Å². The molecule has 1 heterocycles. The second-order valence-corrected chi connectivity index (χ2v) is 3.26. The lowest BCUT2D eigenvalue weighted by Crippen LogP contribution is -2.28. The van der Waals surface area contributed by atoms with Crippen LogP contribution in [0, 0.1) is 10.1 Å². The van der Waals surface area contributed by atoms with Crippen molar-refractivity contribution in [3.63, 3.8) is 0 Å². The number of likely N-dealkylation sites (N-methyl/N-ethyl adjacent to an activating group) is 1. The Labute approximate surface area is 96.8 Å². The monoisotopic (exact) mass is 246 g/mol. The summed E-state index contributed by atoms with van der Waals surface area (Å²) in [6.45, 7) is 2.42. The maximum atomic E-state index is 10.8. The van der Waals surface area contributed by atoms with E-state index in [4.69, 9.17) is 16.7 Å². The third kappa shape index (κ3) is 2.56. The summed E-state index contributed by atoms with van der Waals surface area (Å²) < 4.78 is 0. The van der Waals surface area contributed by atoms with Crippen LogP contribution in [0.1, 0.15) is 6.92 Å². The molecule has 0 aromatic carbocycles. The Hall–Kier alpha value is -1.47. The summed E-state index contributed by atoms with van der Waals surface area (Å²) >= 11 is 5.64. The molecule has 0 fully saturated rings. The predicted molar refractivity (Wildman–Crippen MR) is 58.7 cm³/mol. The van der Waals surface area contributed by atoms with Gasteiger partial charge in [-0.2, -0.15) is 0 Å². The molecule has 88 valence electrons. The van der Waals surface area contributed by atoms with Crippen molar-refractivity contribution < 1.29 is 10.0 Å². The third-order valence-electron chi connectivity index (χ3n) is 1.99. The van der Waals surface area contributed by atoms with Crippen molar-refractivity contribution in [1.29, 1.82) is 0 Å². The van der Waals surface area contributed by atoms with Crippen LogP contribution in [0.4, 0.5) is 11.5 Å². The molecule has 1 N–H and O–H groups in total. The van der Waals surface area contributed by atoms with E-state index in [1.54, 1.807) is 11.8 Å². The Morgan fingerprint density at radius 1 is 1.62 bits per heavy atom. The number of halogens is 1. The largest absolute Gasteiger partial charge is 0.395 e. The summed E-state index contributed by atoms with van der Waals surface area (Å²) in [4.78, 5) is 19.1. The minimum absolute atomic E-state index is 0.118. The maximum Gasteiger partial charge on any atom is 0.348 e. The minimum Gasteiger partial charge on any atom is -0.395 e. The van der Waals surface area contributed by atoms with Crippen LogP contribution in [-0.2, 0) is 0 Å². The van der Waals surface area contributed by atoms with Crippen LogP contribution in [-0.4, -0.2) is 39.7 Å². The second kappa shape index (κ2) is 5.57. The molecule has 0 bridgehead atoms. The van der Waals surface area contributed by atoms with Crippen molar-refractivity contribution in [2.24, 2.45) is 0 Å². The van der Waals surface area contributed by atoms with Gasteiger partial charge in [0.25, 0.3) is 0 Å². The lowest BCUT2D eigenvalue weighted by atomic mass is 10.4. The first-order chi connectivity index (χ1) is 7.61. The van der Waals surface area contributed by atoms with Crippen LogP contribution in [0.5, 0.6) is 0 Å². The smallest absolute Gasteiger partial charge is 0.348 e. The molecule has 0 radical (unpaired) electrons. The van der Waals surface area contributed by atoms with Gasteiger partial charge < -0.3 is 10.0 Å². The highest BCUT2D eigenvalue weighted by molar-refractivity contribution is 6.31. The van der Waals surface area contributed by atoms with Gasteiger partial charge >= 0.3 is 5.69 Å². The highest BCUT2D eigenvalue weighted by Gasteiger charge is 2.24. The zero-order chi connectivity index (χ0) is 12.1. The molecule has 0 spiro atoms. The SMILES string of the molecule is CCN(CCO)c1ncnc(Cl)c1[N+](=O)[O-]. The van der Waals surface area contributed by atoms with Crippen LogP contribution in [0.25, 0.3) is 0 Å². The summed E-state index contributed by atoms with van der Waals surface area (Å²) in [6, 6.07) is 0. The number of nitro groups is 1. The summed E-state index contributed by atoms with van der Waals surface area (Å²) in [5, 5.41) is 19.5. The first-order valence-electron chi connectivity index (χ1n) is 4.62. The number of aromatic nitrogens is 2. The van der Waals surface area contributed by atoms with E-state index in [1.807, 2.05) is 0 Å². The number of anilines is 1. The van der Waals surface area contributed by atoms with Crippen molar-refractivity contribution in [2.75, 3.05) is 24.6 Å². The fraction of sp³-hybridized carbons (Fsp3) is 0.500. The molecular formula is C8H11ClN4O3. The number of nitrogens with zero attached hydrogens (tertiary/aromatic N) is 4. The number of aliphatic hydroxyl groups is 1. The molecule has 1 rings (SSSR count). The number of aliphatic hydroxyl groups excluding tert-OH is 1. The van der Waals surface area contributed by atoms with Gasteiger partial charge in [0.2, 0.25) is 11.0 Å². The number of rotatable bonds is 5. The lowest BCUT2D eigenvalue weighted by Gasteiger charge is -2.19. The summed E-state index contributed by atoms with van der Waals surface area (Å²) in [7, 11) is 0. The molecule has 0 saturated heterocycles. The molecular weight excluding hydrogens is 236 g/mol. The normalized spacial score (nSPS) is 10.2. The molecule has 0 aliphatic heterocycles. The van der Waals surface area contributed by atoms with E-state index >= 15 is 0 Å². The van der Waals surface area contributed by atoms with Gasteiger partial charge in [-0.25, -0.2) is 9.97 Å². The Bertz CT molecular complexity index is 388. The second-order valence-electron chi connectivity index (χ2n) is 2.90. The number of hydrogen-bond acceptors (Lipinski definition) is 6. The van der Waals surface area contributed by atoms with Crippen LogP contribution in [0.15, 0.2) is 6.33 Å². The van der Waals surface area contributed by atoms with Crippen molar-refractivity contribution in [3.8, 4) is 0 Å². The van der Waals surface area contributed by atoms with Crippen molar-refractivity contribution in [2.45, 2.75) is 6.92 Å². The maximum absolute atomic E-state index is 10.8. The number of hydrogen-bond donors (Lipinski definition) is 1. The highest BCUT2D eigenvalue weighted by atomic mass is 35.5. The van der Waals surface area contributed by atoms with E-state index in [1.165, 1.54) is 0 Å². The Kier molecular flexibility index (Phi) is 4.39. The van der Waals surface area contributed by atoms with Crippen LogP contribution >= 0.6 is 11.6 Å². The molecule has 0 saturated carbocycles. The molecule has 0 aliphatic rings. The fourth-order valence-corrected chi connectivity index (χ4v) is 1.47. The van der Waals surface area contributed by atoms with E-state index in [-0.39, 0.29) is 29.8 Å². The van der Waals surface area contributed by atoms with Crippen molar-refractivity contribution in [3.05, 3.63) is 21.6 Å². The van der Waals surface area contributed by atoms with Crippen LogP contribution in [0.2, 0.25) is 5.15 Å². The van der Waals surface area contributed by atoms with Gasteiger partial charge in [0.1, 0.15) is 6.33 Å².